The smallest absolute Gasteiger partial charge is 0.331 e. The molecule has 0 spiro atoms. The zero-order valence-electron chi connectivity index (χ0n) is 10.0. The van der Waals surface area contributed by atoms with Gasteiger partial charge in [0.15, 0.2) is 0 Å². The third-order valence-corrected chi connectivity index (χ3v) is 2.65. The first kappa shape index (κ1) is 12.1. The Kier molecular flexibility index (Phi) is 3.27. The van der Waals surface area contributed by atoms with Crippen molar-refractivity contribution in [2.45, 2.75) is 20.0 Å². The molecule has 0 atom stereocenters. The predicted octanol–water partition coefficient (Wildman–Crippen LogP) is 0.0554. The molecule has 2 N–H and O–H groups in total. The first-order chi connectivity index (χ1) is 8.63. The van der Waals surface area contributed by atoms with Gasteiger partial charge in [0.1, 0.15) is 5.69 Å². The summed E-state index contributed by atoms with van der Waals surface area (Å²) in [6.07, 6.45) is 2.99. The normalized spacial score (nSPS) is 10.5. The van der Waals surface area contributed by atoms with Gasteiger partial charge in [-0.05, 0) is 19.1 Å². The monoisotopic (exact) mass is 246 g/mol. The van der Waals surface area contributed by atoms with E-state index in [1.165, 1.54) is 10.8 Å². The van der Waals surface area contributed by atoms with Gasteiger partial charge in [-0.25, -0.2) is 4.79 Å². The van der Waals surface area contributed by atoms with Crippen molar-refractivity contribution < 1.29 is 0 Å². The van der Waals surface area contributed by atoms with Gasteiger partial charge in [-0.1, -0.05) is 6.07 Å². The first-order valence-electron chi connectivity index (χ1n) is 5.63. The van der Waals surface area contributed by atoms with Crippen molar-refractivity contribution >= 4 is 5.69 Å². The number of hydrogen-bond acceptors (Lipinski definition) is 4. The SMILES string of the molecule is CCn1cc(N)c(=O)n(Cc2ccccn2)c1=O. The molecule has 0 aliphatic heterocycles. The lowest BCUT2D eigenvalue weighted by molar-refractivity contribution is 0.598. The van der Waals surface area contributed by atoms with Crippen LogP contribution in [0, 0.1) is 0 Å². The van der Waals surface area contributed by atoms with Gasteiger partial charge in [0.05, 0.1) is 12.2 Å². The van der Waals surface area contributed by atoms with E-state index in [0.717, 1.165) is 4.57 Å². The van der Waals surface area contributed by atoms with Crippen molar-refractivity contribution in [2.75, 3.05) is 5.73 Å². The van der Waals surface area contributed by atoms with Crippen LogP contribution in [0.3, 0.4) is 0 Å². The van der Waals surface area contributed by atoms with Crippen LogP contribution in [0.4, 0.5) is 5.69 Å². The van der Waals surface area contributed by atoms with E-state index < -0.39 is 5.56 Å². The summed E-state index contributed by atoms with van der Waals surface area (Å²) in [6.45, 7) is 2.41. The number of pyridine rings is 1. The number of nitrogens with two attached hydrogens (primary N) is 1. The van der Waals surface area contributed by atoms with Crippen LogP contribution in [0.5, 0.6) is 0 Å². The minimum absolute atomic E-state index is 0.0624. The van der Waals surface area contributed by atoms with Crippen molar-refractivity contribution in [3.05, 3.63) is 57.1 Å². The number of nitrogen functional groups attached to an aromatic ring is 1. The number of aryl methyl sites for hydroxylation is 1. The zero-order valence-corrected chi connectivity index (χ0v) is 10.0. The van der Waals surface area contributed by atoms with Gasteiger partial charge in [-0.15, -0.1) is 0 Å². The summed E-state index contributed by atoms with van der Waals surface area (Å²) in [4.78, 5) is 28.0. The lowest BCUT2D eigenvalue weighted by Crippen LogP contribution is -2.40. The van der Waals surface area contributed by atoms with Crippen molar-refractivity contribution in [3.8, 4) is 0 Å². The minimum atomic E-state index is -0.477. The fourth-order valence-corrected chi connectivity index (χ4v) is 1.70. The van der Waals surface area contributed by atoms with E-state index in [4.69, 9.17) is 5.73 Å². The van der Waals surface area contributed by atoms with E-state index in [1.807, 2.05) is 6.92 Å². The average Bonchev–Trinajstić information content (AvgIpc) is 2.40. The van der Waals surface area contributed by atoms with E-state index >= 15 is 0 Å². The van der Waals surface area contributed by atoms with Crippen molar-refractivity contribution in [1.82, 2.24) is 14.1 Å². The number of nitrogens with zero attached hydrogens (tertiary/aromatic N) is 3. The maximum absolute atomic E-state index is 12.0. The van der Waals surface area contributed by atoms with Crippen LogP contribution in [0.2, 0.25) is 0 Å². The minimum Gasteiger partial charge on any atom is -0.393 e. The Morgan fingerprint density at radius 2 is 2.11 bits per heavy atom. The van der Waals surface area contributed by atoms with E-state index in [2.05, 4.69) is 4.98 Å². The van der Waals surface area contributed by atoms with Crippen LogP contribution in [0.15, 0.2) is 40.2 Å². The van der Waals surface area contributed by atoms with Crippen LogP contribution >= 0.6 is 0 Å². The molecule has 2 aromatic heterocycles. The number of aromatic nitrogens is 3. The Morgan fingerprint density at radius 1 is 1.33 bits per heavy atom. The predicted molar refractivity (Wildman–Crippen MR) is 68.4 cm³/mol. The van der Waals surface area contributed by atoms with Gasteiger partial charge in [0.2, 0.25) is 0 Å². The fraction of sp³-hybridized carbons (Fsp3) is 0.250. The molecule has 0 amide bonds. The second-order valence-corrected chi connectivity index (χ2v) is 3.87. The van der Waals surface area contributed by atoms with E-state index in [1.54, 1.807) is 24.4 Å². The summed E-state index contributed by atoms with van der Waals surface area (Å²) < 4.78 is 2.50. The second-order valence-electron chi connectivity index (χ2n) is 3.87. The first-order valence-corrected chi connectivity index (χ1v) is 5.63. The topological polar surface area (TPSA) is 82.9 Å². The van der Waals surface area contributed by atoms with Crippen LogP contribution in [-0.2, 0) is 13.1 Å². The lowest BCUT2D eigenvalue weighted by atomic mass is 10.3. The van der Waals surface area contributed by atoms with Crippen molar-refractivity contribution in [1.29, 1.82) is 0 Å². The Hall–Kier alpha value is -2.37. The summed E-state index contributed by atoms with van der Waals surface area (Å²) in [5, 5.41) is 0. The van der Waals surface area contributed by atoms with Crippen LogP contribution < -0.4 is 17.0 Å². The Morgan fingerprint density at radius 3 is 2.72 bits per heavy atom. The summed E-state index contributed by atoms with van der Waals surface area (Å²) in [5.41, 5.74) is 5.46. The van der Waals surface area contributed by atoms with E-state index in [-0.39, 0.29) is 17.9 Å². The summed E-state index contributed by atoms with van der Waals surface area (Å²) >= 11 is 0. The molecule has 0 unspecified atom stereocenters. The molecule has 0 saturated carbocycles. The third kappa shape index (κ3) is 2.17. The van der Waals surface area contributed by atoms with Gasteiger partial charge >= 0.3 is 5.69 Å². The van der Waals surface area contributed by atoms with Crippen LogP contribution in [0.25, 0.3) is 0 Å². The molecule has 0 fully saturated rings. The molecule has 0 radical (unpaired) electrons. The molecule has 0 saturated heterocycles. The quantitative estimate of drug-likeness (QED) is 0.829. The maximum atomic E-state index is 12.0. The molecule has 2 aromatic rings. The second kappa shape index (κ2) is 4.87. The summed E-state index contributed by atoms with van der Waals surface area (Å²) in [5.74, 6) is 0. The molecule has 18 heavy (non-hydrogen) atoms. The summed E-state index contributed by atoms with van der Waals surface area (Å²) in [7, 11) is 0. The largest absolute Gasteiger partial charge is 0.393 e. The highest BCUT2D eigenvalue weighted by molar-refractivity contribution is 5.31. The molecular formula is C12H14N4O2. The van der Waals surface area contributed by atoms with Gasteiger partial charge in [0.25, 0.3) is 5.56 Å². The highest BCUT2D eigenvalue weighted by Gasteiger charge is 2.09. The standard InChI is InChI=1S/C12H14N4O2/c1-2-15-8-10(13)11(17)16(12(15)18)7-9-5-3-4-6-14-9/h3-6,8H,2,7,13H2,1H3. The highest BCUT2D eigenvalue weighted by atomic mass is 16.2. The van der Waals surface area contributed by atoms with Gasteiger partial charge in [-0.3, -0.25) is 18.9 Å². The third-order valence-electron chi connectivity index (χ3n) is 2.65. The highest BCUT2D eigenvalue weighted by Crippen LogP contribution is 1.96. The molecular weight excluding hydrogens is 232 g/mol. The van der Waals surface area contributed by atoms with Gasteiger partial charge < -0.3 is 5.73 Å². The molecule has 2 heterocycles. The Balaban J connectivity index is 2.54. The molecule has 2 rings (SSSR count). The summed E-state index contributed by atoms with van der Waals surface area (Å²) in [6, 6.07) is 5.33. The molecule has 6 heteroatoms. The van der Waals surface area contributed by atoms with Gasteiger partial charge in [-0.2, -0.15) is 0 Å². The van der Waals surface area contributed by atoms with E-state index in [9.17, 15) is 9.59 Å². The molecule has 0 aliphatic carbocycles. The maximum Gasteiger partial charge on any atom is 0.331 e. The Labute approximate surface area is 103 Å². The molecule has 0 aromatic carbocycles. The zero-order chi connectivity index (χ0) is 13.1. The molecule has 0 aliphatic rings. The average molecular weight is 246 g/mol. The lowest BCUT2D eigenvalue weighted by Gasteiger charge is -2.09. The van der Waals surface area contributed by atoms with Crippen LogP contribution in [-0.4, -0.2) is 14.1 Å². The van der Waals surface area contributed by atoms with Gasteiger partial charge in [0, 0.05) is 18.9 Å². The number of hydrogen-bond donors (Lipinski definition) is 1. The van der Waals surface area contributed by atoms with Crippen molar-refractivity contribution in [3.63, 3.8) is 0 Å². The number of rotatable bonds is 3. The Bertz CT molecular complexity index is 658. The number of anilines is 1. The fourth-order valence-electron chi connectivity index (χ4n) is 1.70. The molecule has 94 valence electrons. The molecule has 6 nitrogen and oxygen atoms in total. The molecule has 0 bridgehead atoms. The van der Waals surface area contributed by atoms with Crippen molar-refractivity contribution in [2.24, 2.45) is 0 Å². The van der Waals surface area contributed by atoms with E-state index in [0.29, 0.717) is 12.2 Å². The van der Waals surface area contributed by atoms with Crippen LogP contribution in [0.1, 0.15) is 12.6 Å².